The molecule has 0 aliphatic rings. The van der Waals surface area contributed by atoms with E-state index in [1.807, 2.05) is 32.0 Å². The molecule has 1 N–H and O–H groups in total. The Balaban J connectivity index is 1.84. The molecule has 3 rings (SSSR count). The third-order valence-corrected chi connectivity index (χ3v) is 5.01. The van der Waals surface area contributed by atoms with Crippen molar-refractivity contribution in [1.82, 2.24) is 4.98 Å². The van der Waals surface area contributed by atoms with Gasteiger partial charge in [0, 0.05) is 18.4 Å². The number of para-hydroxylation sites is 3. The summed E-state index contributed by atoms with van der Waals surface area (Å²) >= 11 is 1.32. The zero-order valence-electron chi connectivity index (χ0n) is 16.1. The fourth-order valence-electron chi connectivity index (χ4n) is 2.88. The Morgan fingerprint density at radius 1 is 1.21 bits per heavy atom. The minimum atomic E-state index is -0.478. The van der Waals surface area contributed by atoms with Crippen molar-refractivity contribution in [3.63, 3.8) is 0 Å². The Bertz CT molecular complexity index is 1070. The average Bonchev–Trinajstić information content (AvgIpc) is 3.13. The average molecular weight is 409 g/mol. The van der Waals surface area contributed by atoms with E-state index in [-0.39, 0.29) is 17.3 Å². The molecule has 0 atom stereocenters. The number of carbonyl (C=O) groups excluding carboxylic acids is 1. The number of nitrogens with one attached hydrogen (secondary N) is 1. The van der Waals surface area contributed by atoms with E-state index in [4.69, 9.17) is 0 Å². The molecule has 0 fully saturated rings. The lowest BCUT2D eigenvalue weighted by Gasteiger charge is -2.22. The van der Waals surface area contributed by atoms with Crippen LogP contribution >= 0.6 is 11.3 Å². The number of rotatable bonds is 6. The van der Waals surface area contributed by atoms with Gasteiger partial charge in [-0.15, -0.1) is 11.3 Å². The number of thiazole rings is 1. The van der Waals surface area contributed by atoms with Gasteiger partial charge in [0.25, 0.3) is 5.69 Å². The molecule has 148 valence electrons. The Morgan fingerprint density at radius 3 is 2.55 bits per heavy atom. The first-order valence-corrected chi connectivity index (χ1v) is 9.61. The van der Waals surface area contributed by atoms with Crippen LogP contribution in [0.2, 0.25) is 0 Å². The molecule has 0 saturated heterocycles. The maximum atomic E-state index is 12.3. The number of nitro groups is 1. The van der Waals surface area contributed by atoms with E-state index in [9.17, 15) is 14.9 Å². The molecular weight excluding hydrogens is 390 g/mol. The molecule has 2 aromatic carbocycles. The van der Waals surface area contributed by atoms with Crippen LogP contribution in [0.3, 0.4) is 0 Å². The summed E-state index contributed by atoms with van der Waals surface area (Å²) in [5.74, 6) is -0.140. The molecule has 0 bridgehead atoms. The summed E-state index contributed by atoms with van der Waals surface area (Å²) in [6.45, 7) is 5.40. The van der Waals surface area contributed by atoms with E-state index < -0.39 is 4.92 Å². The highest BCUT2D eigenvalue weighted by Crippen LogP contribution is 2.33. The van der Waals surface area contributed by atoms with Gasteiger partial charge in [-0.25, -0.2) is 4.98 Å². The molecule has 1 amide bonds. The second kappa shape index (κ2) is 8.61. The third kappa shape index (κ3) is 4.46. The highest BCUT2D eigenvalue weighted by Gasteiger charge is 2.21. The predicted octanol–water partition coefficient (Wildman–Crippen LogP) is 4.80. The number of hydrogen-bond acceptors (Lipinski definition) is 7. The van der Waals surface area contributed by atoms with Gasteiger partial charge in [-0.05, 0) is 31.0 Å². The molecule has 8 nitrogen and oxygen atoms in total. The quantitative estimate of drug-likeness (QED) is 0.358. The molecule has 0 aliphatic carbocycles. The summed E-state index contributed by atoms with van der Waals surface area (Å²) < 4.78 is 0. The number of amides is 1. The van der Waals surface area contributed by atoms with E-state index in [2.05, 4.69) is 15.5 Å². The van der Waals surface area contributed by atoms with Gasteiger partial charge in [0.2, 0.25) is 5.91 Å². The topological polar surface area (TPSA) is 101 Å². The first-order valence-electron chi connectivity index (χ1n) is 8.73. The van der Waals surface area contributed by atoms with E-state index >= 15 is 0 Å². The highest BCUT2D eigenvalue weighted by atomic mass is 32.1. The normalized spacial score (nSPS) is 10.9. The zero-order chi connectivity index (χ0) is 21.0. The number of anilines is 3. The molecule has 1 heterocycles. The lowest BCUT2D eigenvalue weighted by molar-refractivity contribution is -0.384. The zero-order valence-corrected chi connectivity index (χ0v) is 16.9. The smallest absolute Gasteiger partial charge is 0.274 e. The van der Waals surface area contributed by atoms with Crippen LogP contribution in [-0.2, 0) is 4.79 Å². The summed E-state index contributed by atoms with van der Waals surface area (Å²) in [6, 6.07) is 12.1. The largest absolute Gasteiger partial charge is 0.294 e. The van der Waals surface area contributed by atoms with Crippen molar-refractivity contribution < 1.29 is 9.72 Å². The van der Waals surface area contributed by atoms with Gasteiger partial charge in [0.1, 0.15) is 5.69 Å². The summed E-state index contributed by atoms with van der Waals surface area (Å²) in [5.41, 5.74) is 6.18. The van der Waals surface area contributed by atoms with Gasteiger partial charge in [-0.1, -0.05) is 30.3 Å². The second-order valence-corrected chi connectivity index (χ2v) is 7.13. The van der Waals surface area contributed by atoms with E-state index in [1.54, 1.807) is 28.5 Å². The number of aromatic nitrogens is 1. The highest BCUT2D eigenvalue weighted by molar-refractivity contribution is 7.14. The Morgan fingerprint density at radius 2 is 1.90 bits per heavy atom. The van der Waals surface area contributed by atoms with Crippen LogP contribution in [0, 0.1) is 24.0 Å². The molecule has 0 spiro atoms. The van der Waals surface area contributed by atoms with Crippen LogP contribution in [-0.4, -0.2) is 22.0 Å². The van der Waals surface area contributed by atoms with Crippen LogP contribution in [0.5, 0.6) is 0 Å². The molecule has 0 aliphatic heterocycles. The molecule has 1 aromatic heterocycles. The lowest BCUT2D eigenvalue weighted by atomic mass is 10.1. The van der Waals surface area contributed by atoms with Crippen molar-refractivity contribution in [2.24, 2.45) is 5.10 Å². The van der Waals surface area contributed by atoms with Gasteiger partial charge < -0.3 is 0 Å². The summed E-state index contributed by atoms with van der Waals surface area (Å²) in [6.07, 6.45) is 1.46. The van der Waals surface area contributed by atoms with E-state index in [0.717, 1.165) is 16.8 Å². The molecule has 3 aromatic rings. The number of nitro benzene ring substituents is 1. The molecule has 0 radical (unpaired) electrons. The van der Waals surface area contributed by atoms with Gasteiger partial charge in [-0.3, -0.25) is 25.2 Å². The second-order valence-electron chi connectivity index (χ2n) is 6.29. The number of aryl methyl sites for hydroxylation is 2. The standard InChI is InChI=1S/C20H19N5O3S/c1-13-7-6-8-14(2)19(13)24(15(3)26)20-22-16(12-29-20)11-21-23-17-9-4-5-10-18(17)25(27)28/h4-12,23H,1-3H3/b21-11-. The molecular formula is C20H19N5O3S. The van der Waals surface area contributed by atoms with Crippen LogP contribution in [0.15, 0.2) is 52.9 Å². The number of nitrogens with zero attached hydrogens (tertiary/aromatic N) is 4. The molecule has 0 unspecified atom stereocenters. The maximum absolute atomic E-state index is 12.3. The first-order chi connectivity index (χ1) is 13.9. The van der Waals surface area contributed by atoms with Gasteiger partial charge in [0.15, 0.2) is 5.13 Å². The van der Waals surface area contributed by atoms with Crippen molar-refractivity contribution in [3.8, 4) is 0 Å². The van der Waals surface area contributed by atoms with Crippen molar-refractivity contribution in [1.29, 1.82) is 0 Å². The fourth-order valence-corrected chi connectivity index (χ4v) is 3.70. The number of carbonyl (C=O) groups is 1. The third-order valence-electron chi connectivity index (χ3n) is 4.16. The molecule has 0 saturated carbocycles. The van der Waals surface area contributed by atoms with Crippen LogP contribution in [0.4, 0.5) is 22.2 Å². The Labute approximate surface area is 171 Å². The predicted molar refractivity (Wildman–Crippen MR) is 115 cm³/mol. The Kier molecular flexibility index (Phi) is 5.99. The minimum absolute atomic E-state index is 0.0681. The summed E-state index contributed by atoms with van der Waals surface area (Å²) in [5, 5.41) is 17.4. The summed E-state index contributed by atoms with van der Waals surface area (Å²) in [7, 11) is 0. The minimum Gasteiger partial charge on any atom is -0.274 e. The van der Waals surface area contributed by atoms with Crippen molar-refractivity contribution >= 4 is 45.7 Å². The first kappa shape index (κ1) is 20.2. The van der Waals surface area contributed by atoms with E-state index in [0.29, 0.717) is 10.8 Å². The van der Waals surface area contributed by atoms with Crippen LogP contribution in [0.25, 0.3) is 0 Å². The maximum Gasteiger partial charge on any atom is 0.294 e. The SMILES string of the molecule is CC(=O)N(c1nc(/C=N\Nc2ccccc2[N+](=O)[O-])cs1)c1c(C)cccc1C. The molecule has 29 heavy (non-hydrogen) atoms. The lowest BCUT2D eigenvalue weighted by Crippen LogP contribution is -2.24. The van der Waals surface area contributed by atoms with Crippen molar-refractivity contribution in [2.75, 3.05) is 10.3 Å². The monoisotopic (exact) mass is 409 g/mol. The molecule has 9 heteroatoms. The number of benzene rings is 2. The summed E-state index contributed by atoms with van der Waals surface area (Å²) in [4.78, 5) is 29.0. The number of hydrogen-bond donors (Lipinski definition) is 1. The van der Waals surface area contributed by atoms with Gasteiger partial charge in [-0.2, -0.15) is 5.10 Å². The number of hydrazone groups is 1. The van der Waals surface area contributed by atoms with Crippen molar-refractivity contribution in [2.45, 2.75) is 20.8 Å². The van der Waals surface area contributed by atoms with Crippen LogP contribution in [0.1, 0.15) is 23.7 Å². The van der Waals surface area contributed by atoms with Crippen LogP contribution < -0.4 is 10.3 Å². The fraction of sp³-hybridized carbons (Fsp3) is 0.150. The Hall–Kier alpha value is -3.59. The van der Waals surface area contributed by atoms with E-state index in [1.165, 1.54) is 30.5 Å². The van der Waals surface area contributed by atoms with Crippen molar-refractivity contribution in [3.05, 3.63) is 74.8 Å². The van der Waals surface area contributed by atoms with Gasteiger partial charge >= 0.3 is 0 Å². The van der Waals surface area contributed by atoms with Gasteiger partial charge in [0.05, 0.1) is 22.5 Å².